The topological polar surface area (TPSA) is 29.4 Å². The molecule has 0 aliphatic carbocycles. The van der Waals surface area contributed by atoms with E-state index in [0.717, 1.165) is 6.21 Å². The maximum Gasteiger partial charge on any atom is 0.418 e. The predicted octanol–water partition coefficient (Wildman–Crippen LogP) is 5.01. The largest absolute Gasteiger partial charge is 0.418 e. The van der Waals surface area contributed by atoms with Gasteiger partial charge in [-0.25, -0.2) is 0 Å². The van der Waals surface area contributed by atoms with E-state index in [-0.39, 0.29) is 10.6 Å². The molecule has 0 spiro atoms. The quantitative estimate of drug-likeness (QED) is 0.447. The Morgan fingerprint density at radius 2 is 1.15 bits per heavy atom. The van der Waals surface area contributed by atoms with Crippen LogP contribution in [0, 0.1) is 0 Å². The Morgan fingerprint density at radius 3 is 1.56 bits per heavy atom. The van der Waals surface area contributed by atoms with Crippen LogP contribution in [0.3, 0.4) is 0 Å². The molecular formula is C21H17F3NOP. The average molecular weight is 387 g/mol. The van der Waals surface area contributed by atoms with Crippen LogP contribution in [0.2, 0.25) is 0 Å². The Hall–Kier alpha value is -2.65. The number of halogens is 3. The summed E-state index contributed by atoms with van der Waals surface area (Å²) in [6.45, 7) is 0. The molecule has 1 unspecified atom stereocenters. The molecule has 2 nitrogen and oxygen atoms in total. The van der Waals surface area contributed by atoms with Crippen LogP contribution < -0.4 is 10.6 Å². The molecule has 27 heavy (non-hydrogen) atoms. The molecule has 0 aromatic heterocycles. The Morgan fingerprint density at radius 1 is 0.741 bits per heavy atom. The smallest absolute Gasteiger partial charge is 0.311 e. The second-order valence-electron chi connectivity index (χ2n) is 5.93. The summed E-state index contributed by atoms with van der Waals surface area (Å²) in [4.78, 5) is 3.78. The van der Waals surface area contributed by atoms with Gasteiger partial charge in [0.25, 0.3) is 0 Å². The molecule has 1 atom stereocenters. The fourth-order valence-corrected chi connectivity index (χ4v) is 5.57. The highest BCUT2D eigenvalue weighted by molar-refractivity contribution is 7.79. The summed E-state index contributed by atoms with van der Waals surface area (Å²) in [6, 6.07) is 24.0. The monoisotopic (exact) mass is 387 g/mol. The minimum Gasteiger partial charge on any atom is -0.311 e. The first-order valence-corrected chi connectivity index (χ1v) is 10.1. The Balaban J connectivity index is 2.18. The number of aliphatic imine (C=N–C) groups is 1. The van der Waals surface area contributed by atoms with Crippen LogP contribution in [0.4, 0.5) is 13.2 Å². The predicted molar refractivity (Wildman–Crippen MR) is 104 cm³/mol. The molecule has 0 saturated heterocycles. The fourth-order valence-electron chi connectivity index (χ4n) is 2.81. The first kappa shape index (κ1) is 19.1. The number of hydrogen-bond acceptors (Lipinski definition) is 2. The van der Waals surface area contributed by atoms with E-state index >= 15 is 0 Å². The fraction of sp³-hybridized carbons (Fsp3) is 0.0952. The molecule has 0 heterocycles. The van der Waals surface area contributed by atoms with Gasteiger partial charge < -0.3 is 4.57 Å². The van der Waals surface area contributed by atoms with Crippen LogP contribution in [0.15, 0.2) is 96.0 Å². The van der Waals surface area contributed by atoms with Gasteiger partial charge in [-0.05, 0) is 5.56 Å². The molecule has 0 bridgehead atoms. The van der Waals surface area contributed by atoms with Gasteiger partial charge in [-0.2, -0.15) is 13.2 Å². The van der Waals surface area contributed by atoms with E-state index in [0.29, 0.717) is 5.56 Å². The van der Waals surface area contributed by atoms with Gasteiger partial charge >= 0.3 is 6.18 Å². The summed E-state index contributed by atoms with van der Waals surface area (Å²) in [5.74, 6) is -2.37. The summed E-state index contributed by atoms with van der Waals surface area (Å²) < 4.78 is 56.0. The minimum absolute atomic E-state index is 0.128. The zero-order valence-electron chi connectivity index (χ0n) is 14.3. The zero-order chi connectivity index (χ0) is 19.3. The van der Waals surface area contributed by atoms with Crippen LogP contribution in [0.5, 0.6) is 0 Å². The van der Waals surface area contributed by atoms with Gasteiger partial charge in [-0.1, -0.05) is 91.0 Å². The summed E-state index contributed by atoms with van der Waals surface area (Å²) in [7, 11) is -4.12. The van der Waals surface area contributed by atoms with Gasteiger partial charge in [0.2, 0.25) is 5.78 Å². The molecule has 138 valence electrons. The van der Waals surface area contributed by atoms with E-state index in [1.54, 1.807) is 66.7 Å². The summed E-state index contributed by atoms with van der Waals surface area (Å²) in [6.07, 6.45) is -3.64. The third kappa shape index (κ3) is 4.20. The van der Waals surface area contributed by atoms with Gasteiger partial charge in [0.1, 0.15) is 0 Å². The zero-order valence-corrected chi connectivity index (χ0v) is 15.1. The highest BCUT2D eigenvalue weighted by Crippen LogP contribution is 2.55. The maximum absolute atomic E-state index is 14.0. The lowest BCUT2D eigenvalue weighted by molar-refractivity contribution is -0.128. The first-order chi connectivity index (χ1) is 12.9. The van der Waals surface area contributed by atoms with Crippen molar-refractivity contribution in [1.29, 1.82) is 0 Å². The van der Waals surface area contributed by atoms with E-state index in [2.05, 4.69) is 4.99 Å². The van der Waals surface area contributed by atoms with Crippen molar-refractivity contribution in [3.8, 4) is 0 Å². The van der Waals surface area contributed by atoms with Crippen molar-refractivity contribution in [3.63, 3.8) is 0 Å². The van der Waals surface area contributed by atoms with Crippen molar-refractivity contribution in [1.82, 2.24) is 0 Å². The van der Waals surface area contributed by atoms with E-state index in [4.69, 9.17) is 0 Å². The van der Waals surface area contributed by atoms with Crippen molar-refractivity contribution < 1.29 is 17.7 Å². The molecule has 0 amide bonds. The van der Waals surface area contributed by atoms with Crippen molar-refractivity contribution in [2.24, 2.45) is 4.99 Å². The molecule has 0 fully saturated rings. The van der Waals surface area contributed by atoms with E-state index in [9.17, 15) is 17.7 Å². The molecule has 3 rings (SSSR count). The van der Waals surface area contributed by atoms with Gasteiger partial charge in [-0.15, -0.1) is 0 Å². The summed E-state index contributed by atoms with van der Waals surface area (Å²) in [5.41, 5.74) is 0.513. The SMILES string of the molecule is O=P(c1ccccc1)(c1ccccc1)C(N=Cc1ccccc1)C(F)(F)F. The summed E-state index contributed by atoms with van der Waals surface area (Å²) >= 11 is 0. The van der Waals surface area contributed by atoms with E-state index in [1.807, 2.05) is 0 Å². The molecular weight excluding hydrogens is 370 g/mol. The van der Waals surface area contributed by atoms with Crippen LogP contribution in [-0.2, 0) is 4.57 Å². The molecule has 3 aromatic carbocycles. The second kappa shape index (κ2) is 7.93. The lowest BCUT2D eigenvalue weighted by atomic mass is 10.2. The minimum atomic E-state index is -4.77. The van der Waals surface area contributed by atoms with Gasteiger partial charge in [0.15, 0.2) is 7.14 Å². The second-order valence-corrected chi connectivity index (χ2v) is 8.77. The number of nitrogens with zero attached hydrogens (tertiary/aromatic N) is 1. The number of rotatable bonds is 5. The first-order valence-electron chi connectivity index (χ1n) is 8.28. The lowest BCUT2D eigenvalue weighted by Gasteiger charge is -2.27. The normalized spacial score (nSPS) is 13.6. The molecule has 0 aliphatic rings. The van der Waals surface area contributed by atoms with Crippen LogP contribution in [0.1, 0.15) is 5.56 Å². The molecule has 0 saturated carbocycles. The van der Waals surface area contributed by atoms with Gasteiger partial charge in [0, 0.05) is 16.8 Å². The van der Waals surface area contributed by atoms with Gasteiger partial charge in [0.05, 0.1) is 0 Å². The third-order valence-electron chi connectivity index (χ3n) is 4.08. The maximum atomic E-state index is 14.0. The van der Waals surface area contributed by atoms with Crippen molar-refractivity contribution >= 4 is 24.0 Å². The number of benzene rings is 3. The Labute approximate surface area is 155 Å². The van der Waals surface area contributed by atoms with E-state index in [1.165, 1.54) is 24.3 Å². The van der Waals surface area contributed by atoms with Crippen LogP contribution in [-0.4, -0.2) is 18.2 Å². The molecule has 0 radical (unpaired) electrons. The number of alkyl halides is 3. The molecule has 0 aliphatic heterocycles. The van der Waals surface area contributed by atoms with E-state index < -0.39 is 19.1 Å². The van der Waals surface area contributed by atoms with Crippen LogP contribution >= 0.6 is 7.14 Å². The number of hydrogen-bond donors (Lipinski definition) is 0. The summed E-state index contributed by atoms with van der Waals surface area (Å²) in [5, 5.41) is 0.257. The van der Waals surface area contributed by atoms with Crippen molar-refractivity contribution in [2.45, 2.75) is 12.0 Å². The average Bonchev–Trinajstić information content (AvgIpc) is 2.69. The van der Waals surface area contributed by atoms with Gasteiger partial charge in [-0.3, -0.25) is 4.99 Å². The van der Waals surface area contributed by atoms with Crippen LogP contribution in [0.25, 0.3) is 0 Å². The standard InChI is InChI=1S/C21H17F3NOP/c22-21(23,24)20(25-16-17-10-4-1-5-11-17)27(26,18-12-6-2-7-13-18)19-14-8-3-9-15-19/h1-16,20H. The highest BCUT2D eigenvalue weighted by Gasteiger charge is 2.53. The Bertz CT molecular complexity index is 898. The third-order valence-corrected chi connectivity index (χ3v) is 7.33. The molecule has 3 aromatic rings. The van der Waals surface area contributed by atoms with Crippen molar-refractivity contribution in [2.75, 3.05) is 0 Å². The Kier molecular flexibility index (Phi) is 5.62. The highest BCUT2D eigenvalue weighted by atomic mass is 31.2. The molecule has 6 heteroatoms. The lowest BCUT2D eigenvalue weighted by Crippen LogP contribution is -2.35. The van der Waals surface area contributed by atoms with Crippen molar-refractivity contribution in [3.05, 3.63) is 96.6 Å². The molecule has 0 N–H and O–H groups in total.